The Hall–Kier alpha value is -3.00. The summed E-state index contributed by atoms with van der Waals surface area (Å²) in [6, 6.07) is 10.0. The Morgan fingerprint density at radius 1 is 1.00 bits per heavy atom. The molecule has 2 aromatic rings. The highest BCUT2D eigenvalue weighted by atomic mass is 32.1. The van der Waals surface area contributed by atoms with Crippen LogP contribution in [0, 0.1) is 5.82 Å². The first-order valence-electron chi connectivity index (χ1n) is 9.76. The molecule has 1 saturated heterocycles. The molecular weight excluding hydrogens is 405 g/mol. The Morgan fingerprint density at radius 2 is 1.63 bits per heavy atom. The zero-order valence-corrected chi connectivity index (χ0v) is 17.7. The third-order valence-electron chi connectivity index (χ3n) is 4.64. The van der Waals surface area contributed by atoms with Gasteiger partial charge in [-0.2, -0.15) is 0 Å². The number of piperazine rings is 1. The van der Waals surface area contributed by atoms with E-state index in [0.29, 0.717) is 26.2 Å². The number of amides is 3. The van der Waals surface area contributed by atoms with Crippen molar-refractivity contribution in [2.24, 2.45) is 0 Å². The lowest BCUT2D eigenvalue weighted by atomic mass is 10.2. The lowest BCUT2D eigenvalue weighted by Crippen LogP contribution is -2.54. The number of carbonyl (C=O) groups excluding carboxylic acids is 3. The van der Waals surface area contributed by atoms with Gasteiger partial charge in [0.2, 0.25) is 5.91 Å². The Labute approximate surface area is 179 Å². The summed E-state index contributed by atoms with van der Waals surface area (Å²) in [6.07, 6.45) is 3.27. The zero-order valence-electron chi connectivity index (χ0n) is 16.9. The molecule has 0 spiro atoms. The van der Waals surface area contributed by atoms with Gasteiger partial charge in [-0.3, -0.25) is 14.4 Å². The lowest BCUT2D eigenvalue weighted by molar-refractivity contribution is -0.148. The van der Waals surface area contributed by atoms with Crippen LogP contribution in [0.3, 0.4) is 0 Å². The standard InChI is InChI=1S/C22H24FN3O3S/c1-15(2)24-21(28)22(29)26-13-11-25(12-14-26)20(27)10-8-18-7-9-19(30-18)16-3-5-17(23)6-4-16/h3-10,15H,11-14H2,1-2H3,(H,24,28)/b10-8+. The van der Waals surface area contributed by atoms with Gasteiger partial charge in [-0.15, -0.1) is 11.3 Å². The van der Waals surface area contributed by atoms with Crippen molar-refractivity contribution in [2.75, 3.05) is 26.2 Å². The van der Waals surface area contributed by atoms with Crippen LogP contribution in [0.5, 0.6) is 0 Å². The normalized spacial score (nSPS) is 14.4. The highest BCUT2D eigenvalue weighted by Gasteiger charge is 2.27. The smallest absolute Gasteiger partial charge is 0.312 e. The molecule has 1 aromatic carbocycles. The maximum absolute atomic E-state index is 13.1. The molecule has 6 nitrogen and oxygen atoms in total. The van der Waals surface area contributed by atoms with Gasteiger partial charge < -0.3 is 15.1 Å². The quantitative estimate of drug-likeness (QED) is 0.600. The van der Waals surface area contributed by atoms with Crippen molar-refractivity contribution in [3.63, 3.8) is 0 Å². The van der Waals surface area contributed by atoms with E-state index in [1.165, 1.54) is 34.4 Å². The van der Waals surface area contributed by atoms with Crippen molar-refractivity contribution in [3.8, 4) is 10.4 Å². The second-order valence-corrected chi connectivity index (χ2v) is 8.40. The highest BCUT2D eigenvalue weighted by molar-refractivity contribution is 7.16. The molecule has 3 amide bonds. The van der Waals surface area contributed by atoms with E-state index in [-0.39, 0.29) is 17.8 Å². The van der Waals surface area contributed by atoms with E-state index in [4.69, 9.17) is 0 Å². The molecule has 0 radical (unpaired) electrons. The molecule has 0 saturated carbocycles. The lowest BCUT2D eigenvalue weighted by Gasteiger charge is -2.33. The van der Waals surface area contributed by atoms with Crippen LogP contribution >= 0.6 is 11.3 Å². The molecule has 1 aliphatic rings. The van der Waals surface area contributed by atoms with Crippen molar-refractivity contribution in [2.45, 2.75) is 19.9 Å². The summed E-state index contributed by atoms with van der Waals surface area (Å²) >= 11 is 1.52. The van der Waals surface area contributed by atoms with Crippen molar-refractivity contribution in [3.05, 3.63) is 53.2 Å². The summed E-state index contributed by atoms with van der Waals surface area (Å²) in [6.45, 7) is 5.02. The van der Waals surface area contributed by atoms with E-state index in [1.54, 1.807) is 37.0 Å². The minimum atomic E-state index is -0.612. The summed E-state index contributed by atoms with van der Waals surface area (Å²) in [5, 5.41) is 2.59. The molecule has 1 aromatic heterocycles. The Bertz CT molecular complexity index is 945. The molecule has 0 aliphatic carbocycles. The fourth-order valence-electron chi connectivity index (χ4n) is 3.07. The van der Waals surface area contributed by atoms with E-state index in [0.717, 1.165) is 15.3 Å². The van der Waals surface area contributed by atoms with Crippen molar-refractivity contribution in [1.82, 2.24) is 15.1 Å². The van der Waals surface area contributed by atoms with Crippen molar-refractivity contribution < 1.29 is 18.8 Å². The molecule has 158 valence electrons. The minimum absolute atomic E-state index is 0.102. The van der Waals surface area contributed by atoms with Crippen molar-refractivity contribution in [1.29, 1.82) is 0 Å². The first-order chi connectivity index (χ1) is 14.3. The second-order valence-electron chi connectivity index (χ2n) is 7.29. The van der Waals surface area contributed by atoms with Crippen LogP contribution in [0.25, 0.3) is 16.5 Å². The number of nitrogens with zero attached hydrogens (tertiary/aromatic N) is 2. The number of rotatable bonds is 4. The van der Waals surface area contributed by atoms with Gasteiger partial charge in [-0.25, -0.2) is 4.39 Å². The molecule has 2 heterocycles. The van der Waals surface area contributed by atoms with Crippen LogP contribution in [0.4, 0.5) is 4.39 Å². The summed E-state index contributed by atoms with van der Waals surface area (Å²) in [5.41, 5.74) is 0.926. The SMILES string of the molecule is CC(C)NC(=O)C(=O)N1CCN(C(=O)/C=C/c2ccc(-c3ccc(F)cc3)s2)CC1. The van der Waals surface area contributed by atoms with Gasteiger partial charge in [0.15, 0.2) is 0 Å². The van der Waals surface area contributed by atoms with Crippen LogP contribution in [0.2, 0.25) is 0 Å². The average molecular weight is 430 g/mol. The van der Waals surface area contributed by atoms with Crippen LogP contribution in [-0.4, -0.2) is 59.7 Å². The molecule has 1 aliphatic heterocycles. The zero-order chi connectivity index (χ0) is 21.7. The maximum atomic E-state index is 13.1. The van der Waals surface area contributed by atoms with Crippen molar-refractivity contribution >= 4 is 35.1 Å². The summed E-state index contributed by atoms with van der Waals surface area (Å²) < 4.78 is 13.1. The highest BCUT2D eigenvalue weighted by Crippen LogP contribution is 2.29. The molecule has 8 heteroatoms. The Morgan fingerprint density at radius 3 is 2.27 bits per heavy atom. The predicted molar refractivity (Wildman–Crippen MR) is 115 cm³/mol. The van der Waals surface area contributed by atoms with E-state index >= 15 is 0 Å². The second kappa shape index (κ2) is 9.67. The molecule has 0 atom stereocenters. The molecule has 0 unspecified atom stereocenters. The summed E-state index contributed by atoms with van der Waals surface area (Å²) in [7, 11) is 0. The maximum Gasteiger partial charge on any atom is 0.312 e. The number of halogens is 1. The van der Waals surface area contributed by atoms with E-state index < -0.39 is 11.8 Å². The van der Waals surface area contributed by atoms with E-state index in [9.17, 15) is 18.8 Å². The van der Waals surface area contributed by atoms with Crippen LogP contribution in [0.15, 0.2) is 42.5 Å². The van der Waals surface area contributed by atoms with E-state index in [2.05, 4.69) is 5.32 Å². The van der Waals surface area contributed by atoms with Crippen LogP contribution in [0.1, 0.15) is 18.7 Å². The molecule has 1 fully saturated rings. The molecule has 1 N–H and O–H groups in total. The number of benzene rings is 1. The first kappa shape index (κ1) is 21.7. The molecule has 3 rings (SSSR count). The first-order valence-corrected chi connectivity index (χ1v) is 10.6. The fraction of sp³-hybridized carbons (Fsp3) is 0.318. The predicted octanol–water partition coefficient (Wildman–Crippen LogP) is 2.76. The molecule has 30 heavy (non-hydrogen) atoms. The number of hydrogen-bond acceptors (Lipinski definition) is 4. The monoisotopic (exact) mass is 429 g/mol. The van der Waals surface area contributed by atoms with Gasteiger partial charge >= 0.3 is 11.8 Å². The summed E-state index contributed by atoms with van der Waals surface area (Å²) in [4.78, 5) is 41.5. The third-order valence-corrected chi connectivity index (χ3v) is 5.74. The topological polar surface area (TPSA) is 69.7 Å². The number of hydrogen-bond donors (Lipinski definition) is 1. The minimum Gasteiger partial charge on any atom is -0.346 e. The third kappa shape index (κ3) is 5.54. The van der Waals surface area contributed by atoms with Gasteiger partial charge in [0.05, 0.1) is 0 Å². The van der Waals surface area contributed by atoms with Gasteiger partial charge in [0.25, 0.3) is 0 Å². The average Bonchev–Trinajstić information content (AvgIpc) is 3.20. The van der Waals surface area contributed by atoms with Gasteiger partial charge in [-0.05, 0) is 49.8 Å². The number of carbonyl (C=O) groups is 3. The van der Waals surface area contributed by atoms with Gasteiger partial charge in [0.1, 0.15) is 5.82 Å². The van der Waals surface area contributed by atoms with E-state index in [1.807, 2.05) is 12.1 Å². The largest absolute Gasteiger partial charge is 0.346 e. The summed E-state index contributed by atoms with van der Waals surface area (Å²) in [5.74, 6) is -1.58. The van der Waals surface area contributed by atoms with Crippen LogP contribution < -0.4 is 5.32 Å². The van der Waals surface area contributed by atoms with Crippen LogP contribution in [-0.2, 0) is 14.4 Å². The Kier molecular flexibility index (Phi) is 6.99. The van der Waals surface area contributed by atoms with Gasteiger partial charge in [0, 0.05) is 48.1 Å². The molecular formula is C22H24FN3O3S. The number of thiophene rings is 1. The Balaban J connectivity index is 1.52. The fourth-order valence-corrected chi connectivity index (χ4v) is 3.98. The van der Waals surface area contributed by atoms with Gasteiger partial charge in [-0.1, -0.05) is 12.1 Å². The molecule has 0 bridgehead atoms. The number of nitrogens with one attached hydrogen (secondary N) is 1.